The van der Waals surface area contributed by atoms with E-state index in [9.17, 15) is 4.57 Å². The highest BCUT2D eigenvalue weighted by Gasteiger charge is 2.01. The number of nitrogens with zero attached hydrogens (tertiary/aromatic N) is 1. The molecule has 0 aromatic carbocycles. The first-order valence-corrected chi connectivity index (χ1v) is 4.10. The van der Waals surface area contributed by atoms with Crippen LogP contribution in [0.25, 0.3) is 0 Å². The summed E-state index contributed by atoms with van der Waals surface area (Å²) in [6.07, 6.45) is 1.56. The van der Waals surface area contributed by atoms with Crippen LogP contribution in [-0.4, -0.2) is 17.2 Å². The van der Waals surface area contributed by atoms with Crippen molar-refractivity contribution >= 4 is 8.25 Å². The van der Waals surface area contributed by atoms with Crippen molar-refractivity contribution in [1.82, 2.24) is 15.7 Å². The van der Waals surface area contributed by atoms with Crippen molar-refractivity contribution in [3.05, 3.63) is 12.3 Å². The van der Waals surface area contributed by atoms with Gasteiger partial charge in [-0.15, -0.1) is 5.10 Å². The van der Waals surface area contributed by atoms with Gasteiger partial charge in [0.25, 0.3) is 0 Å². The van der Waals surface area contributed by atoms with Crippen LogP contribution in [0.2, 0.25) is 0 Å². The molecule has 0 saturated heterocycles. The van der Waals surface area contributed by atoms with Crippen molar-refractivity contribution in [3.8, 4) is 5.88 Å². The third-order valence-corrected chi connectivity index (χ3v) is 1.60. The van der Waals surface area contributed by atoms with Crippen LogP contribution < -0.4 is 10.0 Å². The largest absolute Gasteiger partial charge is 0.405 e. The summed E-state index contributed by atoms with van der Waals surface area (Å²) < 4.78 is 19.9. The van der Waals surface area contributed by atoms with E-state index >= 15 is 0 Å². The van der Waals surface area contributed by atoms with Gasteiger partial charge in [0.05, 0.1) is 0 Å². The Bertz CT molecular complexity index is 224. The molecule has 2 N–H and O–H groups in total. The fraction of sp³-hybridized carbons (Fsp3) is 0.250. The molecule has 11 heavy (non-hydrogen) atoms. The molecule has 0 radical (unpaired) electrons. The third-order valence-electron chi connectivity index (χ3n) is 0.848. The molecule has 1 atom stereocenters. The molecule has 1 rings (SSSR count). The summed E-state index contributed by atoms with van der Waals surface area (Å²) in [7, 11) is -1.01. The number of hydroxylamine groups is 1. The maximum Gasteiger partial charge on any atom is 0.385 e. The van der Waals surface area contributed by atoms with E-state index in [1.165, 1.54) is 7.05 Å². The van der Waals surface area contributed by atoms with E-state index in [1.54, 1.807) is 12.3 Å². The second-order valence-corrected chi connectivity index (χ2v) is 2.48. The lowest BCUT2D eigenvalue weighted by atomic mass is 10.7. The van der Waals surface area contributed by atoms with Crippen molar-refractivity contribution < 1.29 is 13.7 Å². The van der Waals surface area contributed by atoms with Gasteiger partial charge >= 0.3 is 8.25 Å². The number of nitrogens with one attached hydrogen (secondary N) is 2. The Kier molecular flexibility index (Phi) is 3.10. The number of aromatic amines is 1. The number of hydrogen-bond acceptors (Lipinski definition) is 5. The fourth-order valence-electron chi connectivity index (χ4n) is 0.493. The molecular weight excluding hydrogens is 169 g/mol. The molecule has 0 fully saturated rings. The summed E-state index contributed by atoms with van der Waals surface area (Å²) in [6.45, 7) is 0. The van der Waals surface area contributed by atoms with Crippen molar-refractivity contribution in [3.63, 3.8) is 0 Å². The molecule has 0 bridgehead atoms. The van der Waals surface area contributed by atoms with Crippen LogP contribution in [-0.2, 0) is 9.19 Å². The smallest absolute Gasteiger partial charge is 0.385 e. The van der Waals surface area contributed by atoms with Gasteiger partial charge in [-0.1, -0.05) is 0 Å². The molecule has 1 unspecified atom stereocenters. The summed E-state index contributed by atoms with van der Waals surface area (Å²) in [4.78, 5) is 0. The normalized spacial score (nSPS) is 12.8. The Morgan fingerprint density at radius 3 is 3.18 bits per heavy atom. The third kappa shape index (κ3) is 2.71. The average Bonchev–Trinajstić information content (AvgIpc) is 2.40. The highest BCUT2D eigenvalue weighted by atomic mass is 31.1. The van der Waals surface area contributed by atoms with Gasteiger partial charge in [0.15, 0.2) is 0 Å². The van der Waals surface area contributed by atoms with Gasteiger partial charge in [-0.05, 0) is 0 Å². The van der Waals surface area contributed by atoms with Crippen LogP contribution in [0.3, 0.4) is 0 Å². The molecule has 7 heteroatoms. The first-order valence-electron chi connectivity index (χ1n) is 2.88. The minimum absolute atomic E-state index is 0.254. The summed E-state index contributed by atoms with van der Waals surface area (Å²) in [5.41, 5.74) is 2.25. The Labute approximate surface area is 63.8 Å². The first-order chi connectivity index (χ1) is 5.33. The standard InChI is InChI=1S/C4H8N3O3P/c1-5-10-11(8)9-4-2-3-6-7-4/h2-3,5,11H,1H3,(H,6,7). The second-order valence-electron chi connectivity index (χ2n) is 1.57. The fourth-order valence-corrected chi connectivity index (χ4v) is 0.986. The zero-order valence-corrected chi connectivity index (χ0v) is 6.83. The zero-order chi connectivity index (χ0) is 8.10. The number of rotatable bonds is 4. The van der Waals surface area contributed by atoms with Gasteiger partial charge in [-0.3, -0.25) is 5.10 Å². The molecule has 0 aliphatic carbocycles. The predicted octanol–water partition coefficient (Wildman–Crippen LogP) is 0.329. The van der Waals surface area contributed by atoms with Gasteiger partial charge in [0.1, 0.15) is 0 Å². The van der Waals surface area contributed by atoms with Crippen LogP contribution in [0.5, 0.6) is 5.88 Å². The average molecular weight is 177 g/mol. The van der Waals surface area contributed by atoms with Gasteiger partial charge in [-0.2, -0.15) is 5.48 Å². The molecule has 0 aliphatic heterocycles. The SMILES string of the molecule is CNO[PH](=O)Oc1cc[nH]n1. The van der Waals surface area contributed by atoms with Crippen molar-refractivity contribution in [2.45, 2.75) is 0 Å². The van der Waals surface area contributed by atoms with E-state index in [1.807, 2.05) is 0 Å². The van der Waals surface area contributed by atoms with Crippen LogP contribution >= 0.6 is 8.25 Å². The van der Waals surface area contributed by atoms with Crippen LogP contribution in [0.15, 0.2) is 12.3 Å². The predicted molar refractivity (Wildman–Crippen MR) is 38.4 cm³/mol. The van der Waals surface area contributed by atoms with E-state index < -0.39 is 8.25 Å². The topological polar surface area (TPSA) is 76.2 Å². The lowest BCUT2D eigenvalue weighted by Crippen LogP contribution is -2.01. The lowest BCUT2D eigenvalue weighted by molar-refractivity contribution is 0.208. The molecule has 1 aromatic rings. The molecule has 1 heterocycles. The minimum Gasteiger partial charge on any atom is -0.405 e. The molecule has 6 nitrogen and oxygen atoms in total. The maximum atomic E-state index is 10.7. The van der Waals surface area contributed by atoms with E-state index in [2.05, 4.69) is 20.3 Å². The summed E-state index contributed by atoms with van der Waals surface area (Å²) in [5, 5.41) is 6.11. The minimum atomic E-state index is -2.51. The Balaban J connectivity index is 2.37. The first kappa shape index (κ1) is 8.26. The Morgan fingerprint density at radius 2 is 2.64 bits per heavy atom. The van der Waals surface area contributed by atoms with Gasteiger partial charge in [0.2, 0.25) is 5.88 Å². The monoisotopic (exact) mass is 177 g/mol. The summed E-state index contributed by atoms with van der Waals surface area (Å²) in [5.74, 6) is 0.254. The number of aromatic nitrogens is 2. The van der Waals surface area contributed by atoms with Crippen molar-refractivity contribution in [2.24, 2.45) is 0 Å². The van der Waals surface area contributed by atoms with E-state index in [0.717, 1.165) is 0 Å². The van der Waals surface area contributed by atoms with E-state index in [-0.39, 0.29) is 5.88 Å². The Morgan fingerprint density at radius 1 is 1.82 bits per heavy atom. The molecular formula is C4H8N3O3P. The van der Waals surface area contributed by atoms with Crippen LogP contribution in [0, 0.1) is 0 Å². The van der Waals surface area contributed by atoms with Crippen LogP contribution in [0.1, 0.15) is 0 Å². The van der Waals surface area contributed by atoms with Gasteiger partial charge in [0, 0.05) is 19.3 Å². The Hall–Kier alpha value is -0.840. The second kappa shape index (κ2) is 4.12. The molecule has 0 spiro atoms. The number of H-pyrrole nitrogens is 1. The lowest BCUT2D eigenvalue weighted by Gasteiger charge is -2.00. The molecule has 0 amide bonds. The number of hydrogen-bond donors (Lipinski definition) is 2. The molecule has 1 aromatic heterocycles. The maximum absolute atomic E-state index is 10.7. The van der Waals surface area contributed by atoms with Crippen molar-refractivity contribution in [1.29, 1.82) is 0 Å². The summed E-state index contributed by atoms with van der Waals surface area (Å²) in [6, 6.07) is 1.54. The highest BCUT2D eigenvalue weighted by molar-refractivity contribution is 7.33. The summed E-state index contributed by atoms with van der Waals surface area (Å²) >= 11 is 0. The van der Waals surface area contributed by atoms with E-state index in [4.69, 9.17) is 4.52 Å². The van der Waals surface area contributed by atoms with Crippen molar-refractivity contribution in [2.75, 3.05) is 7.05 Å². The zero-order valence-electron chi connectivity index (χ0n) is 5.83. The van der Waals surface area contributed by atoms with Crippen LogP contribution in [0.4, 0.5) is 0 Å². The van der Waals surface area contributed by atoms with Gasteiger partial charge < -0.3 is 4.52 Å². The van der Waals surface area contributed by atoms with E-state index in [0.29, 0.717) is 0 Å². The molecule has 0 saturated carbocycles. The molecule has 62 valence electrons. The van der Waals surface area contributed by atoms with Gasteiger partial charge in [-0.25, -0.2) is 9.19 Å². The molecule has 0 aliphatic rings. The quantitative estimate of drug-likeness (QED) is 0.512. The highest BCUT2D eigenvalue weighted by Crippen LogP contribution is 2.23.